The number of nitrogens with one attached hydrogen (secondary N) is 1. The van der Waals surface area contributed by atoms with Gasteiger partial charge in [0.25, 0.3) is 11.5 Å². The molecule has 17 heavy (non-hydrogen) atoms. The molecule has 1 unspecified atom stereocenters. The average molecular weight is 267 g/mol. The van der Waals surface area contributed by atoms with E-state index in [2.05, 4.69) is 0 Å². The highest BCUT2D eigenvalue weighted by Gasteiger charge is 2.58. The summed E-state index contributed by atoms with van der Waals surface area (Å²) < 4.78 is 39.0. The van der Waals surface area contributed by atoms with E-state index in [0.29, 0.717) is 11.5 Å². The van der Waals surface area contributed by atoms with Crippen LogP contribution in [0.4, 0.5) is 13.2 Å². The Morgan fingerprint density at radius 2 is 1.94 bits per heavy atom. The Hall–Kier alpha value is -1.50. The average Bonchev–Trinajstić information content (AvgIpc) is 2.45. The zero-order valence-corrected chi connectivity index (χ0v) is 9.19. The first-order valence-corrected chi connectivity index (χ1v) is 4.87. The van der Waals surface area contributed by atoms with Crippen molar-refractivity contribution < 1.29 is 18.0 Å². The standard InChI is InChI=1S/C9H6ClF3N2O2/c1-8(9(11,12)13)14-6(16)5-3-2-4(10)7(17)15(5)8/h2-3H,1H3,(H,14,16). The van der Waals surface area contributed by atoms with Crippen LogP contribution in [0.5, 0.6) is 0 Å². The van der Waals surface area contributed by atoms with Crippen molar-refractivity contribution in [3.8, 4) is 0 Å². The van der Waals surface area contributed by atoms with Crippen molar-refractivity contribution in [2.75, 3.05) is 0 Å². The van der Waals surface area contributed by atoms with Crippen molar-refractivity contribution in [2.24, 2.45) is 0 Å². The maximum Gasteiger partial charge on any atom is 0.430 e. The number of pyridine rings is 1. The number of nitrogens with zero attached hydrogens (tertiary/aromatic N) is 1. The Morgan fingerprint density at radius 3 is 2.47 bits per heavy atom. The Kier molecular flexibility index (Phi) is 2.29. The van der Waals surface area contributed by atoms with Crippen LogP contribution in [0.25, 0.3) is 0 Å². The number of rotatable bonds is 0. The van der Waals surface area contributed by atoms with Gasteiger partial charge in [-0.2, -0.15) is 13.2 Å². The van der Waals surface area contributed by atoms with Gasteiger partial charge in [-0.1, -0.05) is 11.6 Å². The predicted octanol–water partition coefficient (Wildman–Crippen LogP) is 1.48. The van der Waals surface area contributed by atoms with Gasteiger partial charge in [0.15, 0.2) is 0 Å². The number of carbonyl (C=O) groups is 1. The zero-order valence-electron chi connectivity index (χ0n) is 8.43. The van der Waals surface area contributed by atoms with Crippen LogP contribution in [0.2, 0.25) is 5.02 Å². The molecule has 0 spiro atoms. The molecule has 1 aromatic rings. The summed E-state index contributed by atoms with van der Waals surface area (Å²) >= 11 is 5.48. The number of aromatic nitrogens is 1. The molecule has 1 N–H and O–H groups in total. The lowest BCUT2D eigenvalue weighted by atomic mass is 10.2. The Labute approximate surface area is 98.0 Å². The third-order valence-electron chi connectivity index (χ3n) is 2.62. The van der Waals surface area contributed by atoms with Crippen LogP contribution in [0.15, 0.2) is 16.9 Å². The number of carbonyl (C=O) groups excluding carboxylic acids is 1. The van der Waals surface area contributed by atoms with E-state index >= 15 is 0 Å². The predicted molar refractivity (Wildman–Crippen MR) is 52.9 cm³/mol. The molecule has 1 atom stereocenters. The summed E-state index contributed by atoms with van der Waals surface area (Å²) in [5.41, 5.74) is -4.18. The molecule has 92 valence electrons. The van der Waals surface area contributed by atoms with Gasteiger partial charge in [0, 0.05) is 0 Å². The van der Waals surface area contributed by atoms with E-state index in [-0.39, 0.29) is 10.7 Å². The number of amides is 1. The Morgan fingerprint density at radius 1 is 1.35 bits per heavy atom. The summed E-state index contributed by atoms with van der Waals surface area (Å²) in [7, 11) is 0. The lowest BCUT2D eigenvalue weighted by Gasteiger charge is -2.29. The van der Waals surface area contributed by atoms with Crippen molar-refractivity contribution in [3.05, 3.63) is 33.2 Å². The highest BCUT2D eigenvalue weighted by molar-refractivity contribution is 6.30. The second-order valence-electron chi connectivity index (χ2n) is 3.73. The lowest BCUT2D eigenvalue weighted by molar-refractivity contribution is -0.213. The molecule has 0 bridgehead atoms. The fourth-order valence-corrected chi connectivity index (χ4v) is 1.82. The molecular weight excluding hydrogens is 261 g/mol. The normalized spacial score (nSPS) is 23.5. The van der Waals surface area contributed by atoms with E-state index in [4.69, 9.17) is 11.6 Å². The molecule has 1 amide bonds. The highest BCUT2D eigenvalue weighted by atomic mass is 35.5. The summed E-state index contributed by atoms with van der Waals surface area (Å²) in [6, 6.07) is 2.17. The number of alkyl halides is 3. The molecule has 1 aliphatic rings. The molecule has 0 aliphatic carbocycles. The molecule has 2 heterocycles. The van der Waals surface area contributed by atoms with Gasteiger partial charge in [0.05, 0.1) is 0 Å². The summed E-state index contributed by atoms with van der Waals surface area (Å²) in [5, 5.41) is 1.37. The zero-order chi connectivity index (χ0) is 13.0. The highest BCUT2D eigenvalue weighted by Crippen LogP contribution is 2.37. The van der Waals surface area contributed by atoms with Crippen molar-refractivity contribution in [3.63, 3.8) is 0 Å². The van der Waals surface area contributed by atoms with Gasteiger partial charge in [-0.3, -0.25) is 14.2 Å². The van der Waals surface area contributed by atoms with E-state index in [1.807, 2.05) is 0 Å². The Balaban J connectivity index is 2.82. The van der Waals surface area contributed by atoms with Gasteiger partial charge in [0.2, 0.25) is 5.66 Å². The van der Waals surface area contributed by atoms with Crippen molar-refractivity contribution in [1.82, 2.24) is 9.88 Å². The molecule has 0 saturated heterocycles. The van der Waals surface area contributed by atoms with Gasteiger partial charge >= 0.3 is 6.18 Å². The van der Waals surface area contributed by atoms with Gasteiger partial charge < -0.3 is 5.32 Å². The first-order valence-electron chi connectivity index (χ1n) is 4.50. The fourth-order valence-electron chi connectivity index (χ4n) is 1.67. The maximum absolute atomic E-state index is 12.9. The van der Waals surface area contributed by atoms with Crippen molar-refractivity contribution in [2.45, 2.75) is 18.8 Å². The first kappa shape index (κ1) is 12.0. The topological polar surface area (TPSA) is 51.1 Å². The summed E-state index contributed by atoms with van der Waals surface area (Å²) in [5.74, 6) is -0.960. The quantitative estimate of drug-likeness (QED) is 0.773. The van der Waals surface area contributed by atoms with Gasteiger partial charge in [-0.15, -0.1) is 0 Å². The molecule has 2 rings (SSSR count). The van der Waals surface area contributed by atoms with Crippen LogP contribution in [-0.4, -0.2) is 16.7 Å². The molecule has 8 heteroatoms. The molecule has 1 aliphatic heterocycles. The number of halogens is 4. The summed E-state index contributed by atoms with van der Waals surface area (Å²) in [4.78, 5) is 23.0. The largest absolute Gasteiger partial charge is 0.430 e. The summed E-state index contributed by atoms with van der Waals surface area (Å²) in [6.45, 7) is 0.707. The smallest absolute Gasteiger partial charge is 0.320 e. The van der Waals surface area contributed by atoms with Crippen molar-refractivity contribution >= 4 is 17.5 Å². The lowest BCUT2D eigenvalue weighted by Crippen LogP contribution is -2.55. The monoisotopic (exact) mass is 266 g/mol. The number of hydrogen-bond acceptors (Lipinski definition) is 2. The first-order chi connectivity index (χ1) is 7.68. The van der Waals surface area contributed by atoms with Crippen LogP contribution in [0, 0.1) is 0 Å². The van der Waals surface area contributed by atoms with Gasteiger partial charge in [-0.25, -0.2) is 0 Å². The van der Waals surface area contributed by atoms with E-state index in [0.717, 1.165) is 12.1 Å². The molecule has 4 nitrogen and oxygen atoms in total. The minimum atomic E-state index is -4.80. The molecule has 0 saturated carbocycles. The van der Waals surface area contributed by atoms with E-state index in [1.54, 1.807) is 5.32 Å². The Bertz CT molecular complexity index is 566. The SMILES string of the molecule is CC1(C(F)(F)F)NC(=O)c2ccc(Cl)c(=O)n21. The maximum atomic E-state index is 12.9. The third kappa shape index (κ3) is 1.45. The molecule has 0 aromatic carbocycles. The van der Waals surface area contributed by atoms with Gasteiger partial charge in [0.1, 0.15) is 10.7 Å². The van der Waals surface area contributed by atoms with E-state index < -0.39 is 23.3 Å². The minimum absolute atomic E-state index is 0.331. The summed E-state index contributed by atoms with van der Waals surface area (Å²) in [6.07, 6.45) is -4.80. The number of hydrogen-bond donors (Lipinski definition) is 1. The third-order valence-corrected chi connectivity index (χ3v) is 2.91. The van der Waals surface area contributed by atoms with Crippen LogP contribution >= 0.6 is 11.6 Å². The molecule has 1 aromatic heterocycles. The van der Waals surface area contributed by atoms with Gasteiger partial charge in [-0.05, 0) is 19.1 Å². The minimum Gasteiger partial charge on any atom is -0.320 e. The van der Waals surface area contributed by atoms with Crippen molar-refractivity contribution in [1.29, 1.82) is 0 Å². The van der Waals surface area contributed by atoms with Crippen LogP contribution < -0.4 is 10.9 Å². The van der Waals surface area contributed by atoms with E-state index in [1.165, 1.54) is 0 Å². The van der Waals surface area contributed by atoms with Crippen LogP contribution in [-0.2, 0) is 5.66 Å². The second-order valence-corrected chi connectivity index (χ2v) is 4.14. The number of fused-ring (bicyclic) bond motifs is 1. The molecular formula is C9H6ClF3N2O2. The van der Waals surface area contributed by atoms with E-state index in [9.17, 15) is 22.8 Å². The fraction of sp³-hybridized carbons (Fsp3) is 0.333. The molecule has 0 radical (unpaired) electrons. The van der Waals surface area contributed by atoms with Crippen LogP contribution in [0.3, 0.4) is 0 Å². The second kappa shape index (κ2) is 3.25. The van der Waals surface area contributed by atoms with Crippen LogP contribution in [0.1, 0.15) is 17.4 Å². The molecule has 0 fully saturated rings.